The molecular weight excluding hydrogens is 196 g/mol. The third-order valence-electron chi connectivity index (χ3n) is 2.86. The highest BCUT2D eigenvalue weighted by atomic mass is 16.6. The number of likely N-dealkylation sites (N-methyl/N-ethyl adjacent to an activating group) is 1. The summed E-state index contributed by atoms with van der Waals surface area (Å²) in [5.41, 5.74) is 0. The van der Waals surface area contributed by atoms with Gasteiger partial charge in [-0.25, -0.2) is 4.79 Å². The van der Waals surface area contributed by atoms with Crippen molar-refractivity contribution in [3.8, 4) is 0 Å². The number of amides is 1. The lowest BCUT2D eigenvalue weighted by Gasteiger charge is -2.23. The molecular formula is C10H18N2O3. The maximum Gasteiger partial charge on any atom is 0.410 e. The quantitative estimate of drug-likeness (QED) is 0.729. The van der Waals surface area contributed by atoms with E-state index in [4.69, 9.17) is 9.47 Å². The Kier molecular flexibility index (Phi) is 3.43. The van der Waals surface area contributed by atoms with E-state index in [2.05, 4.69) is 5.32 Å². The molecule has 1 N–H and O–H groups in total. The minimum Gasteiger partial charge on any atom is -0.442 e. The van der Waals surface area contributed by atoms with Gasteiger partial charge in [0.05, 0.1) is 19.3 Å². The molecule has 2 heterocycles. The zero-order valence-corrected chi connectivity index (χ0v) is 9.07. The van der Waals surface area contributed by atoms with Crippen LogP contribution in [-0.4, -0.2) is 56.5 Å². The van der Waals surface area contributed by atoms with Crippen molar-refractivity contribution in [2.75, 3.05) is 33.3 Å². The van der Waals surface area contributed by atoms with Crippen LogP contribution >= 0.6 is 0 Å². The zero-order valence-electron chi connectivity index (χ0n) is 9.07. The standard InChI is InChI=1S/C10H18N2O3/c1-12-6-9(15-10(12)13)7-14-8-2-4-11-5-3-8/h8-9,11H,2-7H2,1H3. The summed E-state index contributed by atoms with van der Waals surface area (Å²) in [6.07, 6.45) is 2.11. The van der Waals surface area contributed by atoms with Gasteiger partial charge in [-0.15, -0.1) is 0 Å². The molecule has 86 valence electrons. The Hall–Kier alpha value is -0.810. The number of rotatable bonds is 3. The van der Waals surface area contributed by atoms with Crippen LogP contribution in [0.25, 0.3) is 0 Å². The van der Waals surface area contributed by atoms with E-state index in [1.807, 2.05) is 0 Å². The molecule has 2 rings (SSSR count). The monoisotopic (exact) mass is 214 g/mol. The van der Waals surface area contributed by atoms with E-state index >= 15 is 0 Å². The van der Waals surface area contributed by atoms with E-state index in [1.54, 1.807) is 11.9 Å². The molecule has 0 saturated carbocycles. The molecule has 0 spiro atoms. The fourth-order valence-corrected chi connectivity index (χ4v) is 1.94. The van der Waals surface area contributed by atoms with Crippen LogP contribution in [-0.2, 0) is 9.47 Å². The van der Waals surface area contributed by atoms with Crippen molar-refractivity contribution in [3.05, 3.63) is 0 Å². The molecule has 0 aromatic carbocycles. The first kappa shape index (κ1) is 10.7. The van der Waals surface area contributed by atoms with Crippen molar-refractivity contribution in [1.82, 2.24) is 10.2 Å². The smallest absolute Gasteiger partial charge is 0.410 e. The Morgan fingerprint density at radius 2 is 2.27 bits per heavy atom. The first-order valence-electron chi connectivity index (χ1n) is 5.50. The lowest BCUT2D eigenvalue weighted by Crippen LogP contribution is -2.34. The molecule has 0 aliphatic carbocycles. The third-order valence-corrected chi connectivity index (χ3v) is 2.86. The van der Waals surface area contributed by atoms with Crippen LogP contribution < -0.4 is 5.32 Å². The second-order valence-electron chi connectivity index (χ2n) is 4.17. The molecule has 5 heteroatoms. The number of nitrogens with zero attached hydrogens (tertiary/aromatic N) is 1. The second-order valence-corrected chi connectivity index (χ2v) is 4.17. The van der Waals surface area contributed by atoms with Crippen molar-refractivity contribution < 1.29 is 14.3 Å². The van der Waals surface area contributed by atoms with Gasteiger partial charge in [0, 0.05) is 7.05 Å². The summed E-state index contributed by atoms with van der Waals surface area (Å²) in [4.78, 5) is 12.7. The molecule has 1 unspecified atom stereocenters. The molecule has 0 radical (unpaired) electrons. The zero-order chi connectivity index (χ0) is 10.7. The average molecular weight is 214 g/mol. The lowest BCUT2D eigenvalue weighted by atomic mass is 10.1. The Labute approximate surface area is 89.7 Å². The molecule has 15 heavy (non-hydrogen) atoms. The topological polar surface area (TPSA) is 50.8 Å². The molecule has 2 fully saturated rings. The number of carbonyl (C=O) groups is 1. The van der Waals surface area contributed by atoms with Crippen molar-refractivity contribution in [2.45, 2.75) is 25.0 Å². The summed E-state index contributed by atoms with van der Waals surface area (Å²) >= 11 is 0. The second kappa shape index (κ2) is 4.81. The molecule has 2 aliphatic heterocycles. The molecule has 0 bridgehead atoms. The summed E-state index contributed by atoms with van der Waals surface area (Å²) < 4.78 is 10.8. The van der Waals surface area contributed by atoms with Crippen LogP contribution in [0.4, 0.5) is 4.79 Å². The van der Waals surface area contributed by atoms with Crippen molar-refractivity contribution in [3.63, 3.8) is 0 Å². The lowest BCUT2D eigenvalue weighted by molar-refractivity contribution is -0.0125. The predicted molar refractivity (Wildman–Crippen MR) is 54.7 cm³/mol. The number of hydrogen-bond acceptors (Lipinski definition) is 4. The normalized spacial score (nSPS) is 28.2. The Bertz CT molecular complexity index is 229. The van der Waals surface area contributed by atoms with Crippen LogP contribution in [0.2, 0.25) is 0 Å². The van der Waals surface area contributed by atoms with E-state index < -0.39 is 0 Å². The molecule has 5 nitrogen and oxygen atoms in total. The fourth-order valence-electron chi connectivity index (χ4n) is 1.94. The highest BCUT2D eigenvalue weighted by molar-refractivity contribution is 5.69. The van der Waals surface area contributed by atoms with Crippen molar-refractivity contribution >= 4 is 6.09 Å². The van der Waals surface area contributed by atoms with E-state index in [-0.39, 0.29) is 12.2 Å². The van der Waals surface area contributed by atoms with Gasteiger partial charge in [0.15, 0.2) is 0 Å². The van der Waals surface area contributed by atoms with E-state index in [9.17, 15) is 4.79 Å². The van der Waals surface area contributed by atoms with Crippen molar-refractivity contribution in [1.29, 1.82) is 0 Å². The molecule has 0 aromatic heterocycles. The summed E-state index contributed by atoms with van der Waals surface area (Å²) in [5, 5.41) is 3.28. The van der Waals surface area contributed by atoms with Crippen LogP contribution in [0.15, 0.2) is 0 Å². The minimum absolute atomic E-state index is 0.0858. The summed E-state index contributed by atoms with van der Waals surface area (Å²) in [5.74, 6) is 0. The van der Waals surface area contributed by atoms with Gasteiger partial charge in [0.1, 0.15) is 6.10 Å². The van der Waals surface area contributed by atoms with Crippen LogP contribution in [0, 0.1) is 0 Å². The Morgan fingerprint density at radius 1 is 1.53 bits per heavy atom. The number of carbonyl (C=O) groups excluding carboxylic acids is 1. The number of ether oxygens (including phenoxy) is 2. The van der Waals surface area contributed by atoms with E-state index in [0.717, 1.165) is 25.9 Å². The van der Waals surface area contributed by atoms with E-state index in [0.29, 0.717) is 19.3 Å². The first-order chi connectivity index (χ1) is 7.25. The fraction of sp³-hybridized carbons (Fsp3) is 0.900. The third kappa shape index (κ3) is 2.82. The average Bonchev–Trinajstić information content (AvgIpc) is 2.57. The number of nitrogens with one attached hydrogen (secondary N) is 1. The van der Waals surface area contributed by atoms with Gasteiger partial charge in [-0.05, 0) is 25.9 Å². The summed E-state index contributed by atoms with van der Waals surface area (Å²) in [6, 6.07) is 0. The van der Waals surface area contributed by atoms with Gasteiger partial charge in [0.25, 0.3) is 0 Å². The number of piperidine rings is 1. The SMILES string of the molecule is CN1CC(COC2CCNCC2)OC1=O. The maximum atomic E-state index is 11.1. The van der Waals surface area contributed by atoms with Gasteiger partial charge in [-0.1, -0.05) is 0 Å². The molecule has 2 saturated heterocycles. The Morgan fingerprint density at radius 3 is 2.87 bits per heavy atom. The molecule has 2 aliphatic rings. The largest absolute Gasteiger partial charge is 0.442 e. The highest BCUT2D eigenvalue weighted by Crippen LogP contribution is 2.12. The molecule has 1 amide bonds. The highest BCUT2D eigenvalue weighted by Gasteiger charge is 2.29. The van der Waals surface area contributed by atoms with Gasteiger partial charge in [0.2, 0.25) is 0 Å². The predicted octanol–water partition coefficient (Wildman–Crippen LogP) is 0.206. The Balaban J connectivity index is 1.67. The summed E-state index contributed by atoms with van der Waals surface area (Å²) in [7, 11) is 1.74. The molecule has 0 aromatic rings. The van der Waals surface area contributed by atoms with Crippen LogP contribution in [0.1, 0.15) is 12.8 Å². The van der Waals surface area contributed by atoms with Gasteiger partial charge < -0.3 is 19.7 Å². The van der Waals surface area contributed by atoms with Gasteiger partial charge in [-0.2, -0.15) is 0 Å². The van der Waals surface area contributed by atoms with Gasteiger partial charge >= 0.3 is 6.09 Å². The molecule has 1 atom stereocenters. The maximum absolute atomic E-state index is 11.1. The number of hydrogen-bond donors (Lipinski definition) is 1. The first-order valence-corrected chi connectivity index (χ1v) is 5.50. The van der Waals surface area contributed by atoms with Crippen molar-refractivity contribution in [2.24, 2.45) is 0 Å². The van der Waals surface area contributed by atoms with E-state index in [1.165, 1.54) is 0 Å². The van der Waals surface area contributed by atoms with Crippen LogP contribution in [0.3, 0.4) is 0 Å². The number of cyclic esters (lactones) is 1. The van der Waals surface area contributed by atoms with Gasteiger partial charge in [-0.3, -0.25) is 0 Å². The van der Waals surface area contributed by atoms with Crippen LogP contribution in [0.5, 0.6) is 0 Å². The summed E-state index contributed by atoms with van der Waals surface area (Å²) in [6.45, 7) is 3.22. The minimum atomic E-state index is -0.242.